The Kier molecular flexibility index (Phi) is 7.29. The van der Waals surface area contributed by atoms with Gasteiger partial charge in [-0.2, -0.15) is 0 Å². The Morgan fingerprint density at radius 2 is 1.83 bits per heavy atom. The van der Waals surface area contributed by atoms with E-state index in [1.165, 1.54) is 0 Å². The predicted molar refractivity (Wildman–Crippen MR) is 77.1 cm³/mol. The maximum absolute atomic E-state index is 10.00. The summed E-state index contributed by atoms with van der Waals surface area (Å²) in [7, 11) is 0. The summed E-state index contributed by atoms with van der Waals surface area (Å²) in [4.78, 5) is 0. The number of benzene rings is 1. The molecule has 4 N–H and O–H groups in total. The molecule has 0 bridgehead atoms. The highest BCUT2D eigenvalue weighted by atomic mass is 35.5. The standard InChI is InChI=1S/C14H23NO2.ClH/c1-9(2)7-8-12(16)13(15)11-6-4-5-10(3)14(11)17;/h4-6,9,12-13,16-17H,7-8,15H2,1-3H3;1H/t12-,13+;/m0./s1. The van der Waals surface area contributed by atoms with Gasteiger partial charge < -0.3 is 15.9 Å². The minimum absolute atomic E-state index is 0. The number of aromatic hydroxyl groups is 1. The fourth-order valence-corrected chi connectivity index (χ4v) is 1.84. The van der Waals surface area contributed by atoms with Gasteiger partial charge in [0.2, 0.25) is 0 Å². The number of phenolic OH excluding ortho intramolecular Hbond substituents is 1. The lowest BCUT2D eigenvalue weighted by atomic mass is 9.94. The molecule has 0 saturated carbocycles. The third-order valence-corrected chi connectivity index (χ3v) is 3.08. The molecule has 2 atom stereocenters. The smallest absolute Gasteiger partial charge is 0.123 e. The van der Waals surface area contributed by atoms with E-state index in [0.717, 1.165) is 12.0 Å². The zero-order chi connectivity index (χ0) is 13.0. The fourth-order valence-electron chi connectivity index (χ4n) is 1.84. The summed E-state index contributed by atoms with van der Waals surface area (Å²) >= 11 is 0. The quantitative estimate of drug-likeness (QED) is 0.773. The highest BCUT2D eigenvalue weighted by molar-refractivity contribution is 5.85. The Morgan fingerprint density at radius 1 is 1.22 bits per heavy atom. The zero-order valence-corrected chi connectivity index (χ0v) is 12.1. The number of aryl methyl sites for hydroxylation is 1. The van der Waals surface area contributed by atoms with Gasteiger partial charge in [0.1, 0.15) is 5.75 Å². The van der Waals surface area contributed by atoms with Gasteiger partial charge >= 0.3 is 0 Å². The fraction of sp³-hybridized carbons (Fsp3) is 0.571. The summed E-state index contributed by atoms with van der Waals surface area (Å²) < 4.78 is 0. The van der Waals surface area contributed by atoms with Crippen molar-refractivity contribution in [2.75, 3.05) is 0 Å². The van der Waals surface area contributed by atoms with E-state index in [-0.39, 0.29) is 18.2 Å². The lowest BCUT2D eigenvalue weighted by Crippen LogP contribution is -2.26. The summed E-state index contributed by atoms with van der Waals surface area (Å²) in [6.07, 6.45) is 0.985. The molecular weight excluding hydrogens is 250 g/mol. The lowest BCUT2D eigenvalue weighted by Gasteiger charge is -2.21. The van der Waals surface area contributed by atoms with Crippen molar-refractivity contribution in [3.8, 4) is 5.75 Å². The van der Waals surface area contributed by atoms with E-state index in [0.29, 0.717) is 17.9 Å². The topological polar surface area (TPSA) is 66.5 Å². The van der Waals surface area contributed by atoms with Crippen LogP contribution >= 0.6 is 12.4 Å². The number of para-hydroxylation sites is 1. The number of aliphatic hydroxyl groups is 1. The summed E-state index contributed by atoms with van der Waals surface area (Å²) in [5.74, 6) is 0.742. The maximum Gasteiger partial charge on any atom is 0.123 e. The number of aliphatic hydroxyl groups excluding tert-OH is 1. The van der Waals surface area contributed by atoms with E-state index in [1.54, 1.807) is 6.07 Å². The summed E-state index contributed by atoms with van der Waals surface area (Å²) in [5.41, 5.74) is 7.40. The third kappa shape index (κ3) is 4.48. The van der Waals surface area contributed by atoms with Gasteiger partial charge in [-0.05, 0) is 31.2 Å². The molecule has 0 aliphatic rings. The van der Waals surface area contributed by atoms with Crippen LogP contribution in [0, 0.1) is 12.8 Å². The average Bonchev–Trinajstić information content (AvgIpc) is 2.28. The number of hydrogen-bond donors (Lipinski definition) is 3. The molecule has 0 aromatic heterocycles. The van der Waals surface area contributed by atoms with Crippen LogP contribution in [0.5, 0.6) is 5.75 Å². The van der Waals surface area contributed by atoms with Crippen molar-refractivity contribution in [1.82, 2.24) is 0 Å². The van der Waals surface area contributed by atoms with Gasteiger partial charge in [-0.15, -0.1) is 12.4 Å². The highest BCUT2D eigenvalue weighted by Gasteiger charge is 2.20. The molecule has 1 aromatic rings. The van der Waals surface area contributed by atoms with Crippen molar-refractivity contribution in [2.24, 2.45) is 11.7 Å². The molecule has 0 amide bonds. The Labute approximate surface area is 115 Å². The van der Waals surface area contributed by atoms with Crippen LogP contribution in [-0.2, 0) is 0 Å². The Bertz CT molecular complexity index is 369. The summed E-state index contributed by atoms with van der Waals surface area (Å²) in [6.45, 7) is 6.05. The number of hydrogen-bond acceptors (Lipinski definition) is 3. The van der Waals surface area contributed by atoms with Crippen LogP contribution in [0.3, 0.4) is 0 Å². The molecule has 0 saturated heterocycles. The Balaban J connectivity index is 0.00000289. The van der Waals surface area contributed by atoms with E-state index < -0.39 is 12.1 Å². The zero-order valence-electron chi connectivity index (χ0n) is 11.3. The van der Waals surface area contributed by atoms with Crippen molar-refractivity contribution in [3.05, 3.63) is 29.3 Å². The number of nitrogens with two attached hydrogens (primary N) is 1. The molecule has 0 aliphatic heterocycles. The number of halogens is 1. The van der Waals surface area contributed by atoms with Crippen LogP contribution < -0.4 is 5.73 Å². The first-order chi connectivity index (χ1) is 7.93. The van der Waals surface area contributed by atoms with Crippen LogP contribution in [0.4, 0.5) is 0 Å². The molecule has 0 aliphatic carbocycles. The van der Waals surface area contributed by atoms with Crippen LogP contribution in [0.2, 0.25) is 0 Å². The molecule has 0 spiro atoms. The van der Waals surface area contributed by atoms with Crippen LogP contribution in [0.15, 0.2) is 18.2 Å². The molecule has 0 fully saturated rings. The van der Waals surface area contributed by atoms with Gasteiger partial charge in [-0.3, -0.25) is 0 Å². The molecule has 104 valence electrons. The molecule has 4 heteroatoms. The number of phenols is 1. The predicted octanol–water partition coefficient (Wildman–Crippen LogP) is 2.92. The summed E-state index contributed by atoms with van der Waals surface area (Å²) in [5, 5.41) is 19.9. The molecule has 0 radical (unpaired) electrons. The molecule has 0 unspecified atom stereocenters. The van der Waals surface area contributed by atoms with Crippen molar-refractivity contribution in [1.29, 1.82) is 0 Å². The van der Waals surface area contributed by atoms with Crippen molar-refractivity contribution in [3.63, 3.8) is 0 Å². The monoisotopic (exact) mass is 273 g/mol. The highest BCUT2D eigenvalue weighted by Crippen LogP contribution is 2.29. The molecule has 3 nitrogen and oxygen atoms in total. The Morgan fingerprint density at radius 3 is 2.39 bits per heavy atom. The van der Waals surface area contributed by atoms with E-state index in [4.69, 9.17) is 5.73 Å². The first-order valence-corrected chi connectivity index (χ1v) is 6.15. The largest absolute Gasteiger partial charge is 0.507 e. The molecule has 0 heterocycles. The van der Waals surface area contributed by atoms with E-state index in [1.807, 2.05) is 19.1 Å². The van der Waals surface area contributed by atoms with Crippen molar-refractivity contribution in [2.45, 2.75) is 45.8 Å². The molecule has 18 heavy (non-hydrogen) atoms. The SMILES string of the molecule is Cc1cccc([C@@H](N)[C@@H](O)CCC(C)C)c1O.Cl. The van der Waals surface area contributed by atoms with E-state index >= 15 is 0 Å². The first kappa shape index (κ1) is 17.2. The van der Waals surface area contributed by atoms with Gasteiger partial charge in [0.25, 0.3) is 0 Å². The minimum Gasteiger partial charge on any atom is -0.507 e. The maximum atomic E-state index is 10.00. The van der Waals surface area contributed by atoms with Crippen molar-refractivity contribution >= 4 is 12.4 Å². The normalized spacial score (nSPS) is 14.1. The first-order valence-electron chi connectivity index (χ1n) is 6.15. The molecular formula is C14H24ClNO2. The van der Waals surface area contributed by atoms with Gasteiger partial charge in [-0.25, -0.2) is 0 Å². The van der Waals surface area contributed by atoms with Crippen LogP contribution in [-0.4, -0.2) is 16.3 Å². The van der Waals surface area contributed by atoms with Crippen LogP contribution in [0.1, 0.15) is 43.9 Å². The second-order valence-electron chi connectivity index (χ2n) is 5.08. The minimum atomic E-state index is -0.606. The van der Waals surface area contributed by atoms with Gasteiger partial charge in [0.15, 0.2) is 0 Å². The van der Waals surface area contributed by atoms with Crippen molar-refractivity contribution < 1.29 is 10.2 Å². The lowest BCUT2D eigenvalue weighted by molar-refractivity contribution is 0.127. The van der Waals surface area contributed by atoms with E-state index in [2.05, 4.69) is 13.8 Å². The number of rotatable bonds is 5. The van der Waals surface area contributed by atoms with Gasteiger partial charge in [0, 0.05) is 5.56 Å². The molecule has 1 aromatic carbocycles. The average molecular weight is 274 g/mol. The third-order valence-electron chi connectivity index (χ3n) is 3.08. The summed E-state index contributed by atoms with van der Waals surface area (Å²) in [6, 6.07) is 4.92. The van der Waals surface area contributed by atoms with Crippen LogP contribution in [0.25, 0.3) is 0 Å². The van der Waals surface area contributed by atoms with E-state index in [9.17, 15) is 10.2 Å². The molecule has 1 rings (SSSR count). The Hall–Kier alpha value is -0.770. The van der Waals surface area contributed by atoms with Gasteiger partial charge in [0.05, 0.1) is 12.1 Å². The van der Waals surface area contributed by atoms with Gasteiger partial charge in [-0.1, -0.05) is 32.0 Å². The second-order valence-corrected chi connectivity index (χ2v) is 5.08. The second kappa shape index (κ2) is 7.62.